The lowest BCUT2D eigenvalue weighted by Crippen LogP contribution is -2.37. The summed E-state index contributed by atoms with van der Waals surface area (Å²) < 4.78 is 2.21. The highest BCUT2D eigenvalue weighted by Crippen LogP contribution is 2.31. The predicted molar refractivity (Wildman–Crippen MR) is 101 cm³/mol. The molecular weight excluding hydrogens is 324 g/mol. The Bertz CT molecular complexity index is 748. The summed E-state index contributed by atoms with van der Waals surface area (Å²) in [7, 11) is 0. The molecule has 2 fully saturated rings. The number of hydrogen-bond donors (Lipinski definition) is 0. The summed E-state index contributed by atoms with van der Waals surface area (Å²) >= 11 is 0. The lowest BCUT2D eigenvalue weighted by Gasteiger charge is -2.25. The summed E-state index contributed by atoms with van der Waals surface area (Å²) in [4.78, 5) is 14.9. The number of aromatic nitrogens is 3. The van der Waals surface area contributed by atoms with Crippen LogP contribution in [0.4, 0.5) is 0 Å². The largest absolute Gasteiger partial charge is 0.339 e. The number of carbonyl (C=O) groups excluding carboxylic acids is 1. The van der Waals surface area contributed by atoms with E-state index < -0.39 is 0 Å². The average molecular weight is 352 g/mol. The molecule has 138 valence electrons. The van der Waals surface area contributed by atoms with E-state index in [2.05, 4.69) is 50.9 Å². The van der Waals surface area contributed by atoms with Crippen LogP contribution in [-0.4, -0.2) is 38.2 Å². The SMILES string of the molecule is Cc1ccc(CC(=O)N2CCCC2CCc2nncn2CC2CC2)cc1. The van der Waals surface area contributed by atoms with E-state index in [1.807, 2.05) is 6.33 Å². The zero-order valence-corrected chi connectivity index (χ0v) is 15.6. The Kier molecular flexibility index (Phi) is 5.05. The van der Waals surface area contributed by atoms with Crippen LogP contribution in [0.1, 0.15) is 49.1 Å². The Balaban J connectivity index is 1.33. The normalized spacial score (nSPS) is 19.9. The standard InChI is InChI=1S/C21H28N4O/c1-16-4-6-17(7-5-16)13-21(26)25-12-2-3-19(25)10-11-20-23-22-15-24(20)14-18-8-9-18/h4-7,15,18-19H,2-3,8-14H2,1H3. The van der Waals surface area contributed by atoms with Crippen LogP contribution >= 0.6 is 0 Å². The number of benzene rings is 1. The van der Waals surface area contributed by atoms with Crippen LogP contribution in [0, 0.1) is 12.8 Å². The third kappa shape index (κ3) is 4.14. The average Bonchev–Trinajstić information content (AvgIpc) is 3.14. The van der Waals surface area contributed by atoms with Gasteiger partial charge in [0.1, 0.15) is 12.2 Å². The highest BCUT2D eigenvalue weighted by Gasteiger charge is 2.29. The molecule has 5 heteroatoms. The lowest BCUT2D eigenvalue weighted by atomic mass is 10.1. The van der Waals surface area contributed by atoms with Gasteiger partial charge in [-0.05, 0) is 50.5 Å². The van der Waals surface area contributed by atoms with Crippen LogP contribution in [0.25, 0.3) is 0 Å². The van der Waals surface area contributed by atoms with E-state index >= 15 is 0 Å². The molecule has 1 aliphatic heterocycles. The molecule has 5 nitrogen and oxygen atoms in total. The van der Waals surface area contributed by atoms with Crippen molar-refractivity contribution < 1.29 is 4.79 Å². The van der Waals surface area contributed by atoms with Crippen molar-refractivity contribution in [2.24, 2.45) is 5.92 Å². The van der Waals surface area contributed by atoms with Gasteiger partial charge in [-0.2, -0.15) is 0 Å². The Morgan fingerprint density at radius 3 is 2.77 bits per heavy atom. The second-order valence-electron chi connectivity index (χ2n) is 7.93. The second-order valence-corrected chi connectivity index (χ2v) is 7.93. The fourth-order valence-corrected chi connectivity index (χ4v) is 3.95. The molecular formula is C21H28N4O. The monoisotopic (exact) mass is 352 g/mol. The second kappa shape index (κ2) is 7.60. The molecule has 2 aromatic rings. The minimum atomic E-state index is 0.260. The zero-order valence-electron chi connectivity index (χ0n) is 15.6. The van der Waals surface area contributed by atoms with Crippen molar-refractivity contribution in [2.45, 2.75) is 64.5 Å². The number of amides is 1. The molecule has 0 radical (unpaired) electrons. The van der Waals surface area contributed by atoms with Gasteiger partial charge in [-0.3, -0.25) is 4.79 Å². The molecule has 0 N–H and O–H groups in total. The van der Waals surface area contributed by atoms with Crippen LogP contribution in [0.15, 0.2) is 30.6 Å². The molecule has 26 heavy (non-hydrogen) atoms. The number of carbonyl (C=O) groups is 1. The highest BCUT2D eigenvalue weighted by molar-refractivity contribution is 5.79. The van der Waals surface area contributed by atoms with Gasteiger partial charge >= 0.3 is 0 Å². The topological polar surface area (TPSA) is 51.0 Å². The van der Waals surface area contributed by atoms with Crippen molar-refractivity contribution in [3.05, 3.63) is 47.5 Å². The Morgan fingerprint density at radius 2 is 2.00 bits per heavy atom. The summed E-state index contributed by atoms with van der Waals surface area (Å²) in [6.45, 7) is 4.03. The van der Waals surface area contributed by atoms with Gasteiger partial charge < -0.3 is 9.47 Å². The van der Waals surface area contributed by atoms with E-state index in [9.17, 15) is 4.79 Å². The minimum absolute atomic E-state index is 0.260. The van der Waals surface area contributed by atoms with E-state index in [1.54, 1.807) is 0 Å². The highest BCUT2D eigenvalue weighted by atomic mass is 16.2. The number of hydrogen-bond acceptors (Lipinski definition) is 3. The maximum Gasteiger partial charge on any atom is 0.227 e. The molecule has 1 aromatic carbocycles. The Labute approximate surface area is 155 Å². The molecule has 1 aromatic heterocycles. The molecule has 1 aliphatic carbocycles. The van der Waals surface area contributed by atoms with Gasteiger partial charge in [-0.25, -0.2) is 0 Å². The van der Waals surface area contributed by atoms with Crippen LogP contribution in [-0.2, 0) is 24.2 Å². The molecule has 1 atom stereocenters. The van der Waals surface area contributed by atoms with E-state index in [4.69, 9.17) is 0 Å². The first-order valence-electron chi connectivity index (χ1n) is 9.91. The van der Waals surface area contributed by atoms with E-state index in [-0.39, 0.29) is 5.91 Å². The number of nitrogens with zero attached hydrogens (tertiary/aromatic N) is 4. The molecule has 4 rings (SSSR count). The summed E-state index contributed by atoms with van der Waals surface area (Å²) in [6, 6.07) is 8.64. The van der Waals surface area contributed by atoms with Crippen molar-refractivity contribution in [3.8, 4) is 0 Å². The van der Waals surface area contributed by atoms with Crippen molar-refractivity contribution >= 4 is 5.91 Å². The zero-order chi connectivity index (χ0) is 17.9. The maximum absolute atomic E-state index is 12.8. The Morgan fingerprint density at radius 1 is 1.19 bits per heavy atom. The molecule has 1 saturated heterocycles. The smallest absolute Gasteiger partial charge is 0.227 e. The number of rotatable bonds is 7. The molecule has 2 heterocycles. The van der Waals surface area contributed by atoms with Gasteiger partial charge in [-0.1, -0.05) is 29.8 Å². The number of aryl methyl sites for hydroxylation is 2. The minimum Gasteiger partial charge on any atom is -0.339 e. The first-order chi connectivity index (χ1) is 12.7. The molecule has 1 saturated carbocycles. The fraction of sp³-hybridized carbons (Fsp3) is 0.571. The van der Waals surface area contributed by atoms with Gasteiger partial charge in [0, 0.05) is 25.6 Å². The maximum atomic E-state index is 12.8. The quantitative estimate of drug-likeness (QED) is 0.769. The van der Waals surface area contributed by atoms with E-state index in [1.165, 1.54) is 18.4 Å². The van der Waals surface area contributed by atoms with Crippen LogP contribution < -0.4 is 0 Å². The van der Waals surface area contributed by atoms with E-state index in [0.717, 1.165) is 56.1 Å². The van der Waals surface area contributed by atoms with Crippen molar-refractivity contribution in [1.82, 2.24) is 19.7 Å². The van der Waals surface area contributed by atoms with Gasteiger partial charge in [0.05, 0.1) is 6.42 Å². The first kappa shape index (κ1) is 17.3. The molecule has 0 spiro atoms. The van der Waals surface area contributed by atoms with Gasteiger partial charge in [-0.15, -0.1) is 10.2 Å². The summed E-state index contributed by atoms with van der Waals surface area (Å²) in [5, 5.41) is 8.41. The van der Waals surface area contributed by atoms with Crippen LogP contribution in [0.2, 0.25) is 0 Å². The fourth-order valence-electron chi connectivity index (χ4n) is 3.95. The van der Waals surface area contributed by atoms with Crippen molar-refractivity contribution in [2.75, 3.05) is 6.54 Å². The van der Waals surface area contributed by atoms with Crippen LogP contribution in [0.3, 0.4) is 0 Å². The van der Waals surface area contributed by atoms with Gasteiger partial charge in [0.25, 0.3) is 0 Å². The van der Waals surface area contributed by atoms with Crippen LogP contribution in [0.5, 0.6) is 0 Å². The summed E-state index contributed by atoms with van der Waals surface area (Å²) in [6.07, 6.45) is 9.16. The first-order valence-corrected chi connectivity index (χ1v) is 9.91. The van der Waals surface area contributed by atoms with E-state index in [0.29, 0.717) is 12.5 Å². The van der Waals surface area contributed by atoms with Gasteiger partial charge in [0.15, 0.2) is 0 Å². The van der Waals surface area contributed by atoms with Crippen molar-refractivity contribution in [1.29, 1.82) is 0 Å². The molecule has 0 bridgehead atoms. The third-order valence-corrected chi connectivity index (χ3v) is 5.72. The summed E-state index contributed by atoms with van der Waals surface area (Å²) in [5.41, 5.74) is 2.34. The third-order valence-electron chi connectivity index (χ3n) is 5.72. The van der Waals surface area contributed by atoms with Gasteiger partial charge in [0.2, 0.25) is 5.91 Å². The van der Waals surface area contributed by atoms with Crippen molar-refractivity contribution in [3.63, 3.8) is 0 Å². The summed E-state index contributed by atoms with van der Waals surface area (Å²) in [5.74, 6) is 2.16. The molecule has 1 unspecified atom stereocenters. The number of likely N-dealkylation sites (tertiary alicyclic amines) is 1. The molecule has 1 amide bonds. The predicted octanol–water partition coefficient (Wildman–Crippen LogP) is 3.16. The molecule has 2 aliphatic rings. The Hall–Kier alpha value is -2.17. The lowest BCUT2D eigenvalue weighted by molar-refractivity contribution is -0.131.